The average molecular weight is 228 g/mol. The van der Waals surface area contributed by atoms with Gasteiger partial charge in [-0.2, -0.15) is 0 Å². The second-order valence-corrected chi connectivity index (χ2v) is 3.70. The molecule has 0 radical (unpaired) electrons. The predicted octanol–water partition coefficient (Wildman–Crippen LogP) is 1.51. The van der Waals surface area contributed by atoms with Crippen LogP contribution in [0, 0.1) is 5.82 Å². The second-order valence-electron chi connectivity index (χ2n) is 3.70. The van der Waals surface area contributed by atoms with Crippen LogP contribution in [0.4, 0.5) is 4.39 Å². The van der Waals surface area contributed by atoms with Crippen LogP contribution >= 0.6 is 0 Å². The van der Waals surface area contributed by atoms with E-state index < -0.39 is 12.2 Å². The Kier molecular flexibility index (Phi) is 4.26. The van der Waals surface area contributed by atoms with Gasteiger partial charge in [-0.1, -0.05) is 7.43 Å². The van der Waals surface area contributed by atoms with Crippen LogP contribution < -0.4 is 4.74 Å². The molecule has 0 aromatic heterocycles. The van der Waals surface area contributed by atoms with Gasteiger partial charge < -0.3 is 14.9 Å². The molecule has 0 saturated carbocycles. The van der Waals surface area contributed by atoms with E-state index in [4.69, 9.17) is 9.84 Å². The van der Waals surface area contributed by atoms with Crippen molar-refractivity contribution in [3.05, 3.63) is 29.6 Å². The van der Waals surface area contributed by atoms with Crippen LogP contribution in [0.15, 0.2) is 18.2 Å². The van der Waals surface area contributed by atoms with Gasteiger partial charge >= 0.3 is 0 Å². The molecule has 1 aromatic rings. The molecule has 16 heavy (non-hydrogen) atoms. The van der Waals surface area contributed by atoms with Crippen LogP contribution in [0.3, 0.4) is 0 Å². The van der Waals surface area contributed by atoms with Crippen molar-refractivity contribution in [2.24, 2.45) is 0 Å². The Morgan fingerprint density at radius 3 is 2.94 bits per heavy atom. The first-order valence-electron chi connectivity index (χ1n) is 4.94. The topological polar surface area (TPSA) is 49.7 Å². The Hall–Kier alpha value is -1.13. The number of fused-ring (bicyclic) bond motifs is 1. The van der Waals surface area contributed by atoms with Crippen molar-refractivity contribution in [1.29, 1.82) is 0 Å². The highest BCUT2D eigenvalue weighted by atomic mass is 19.1. The fourth-order valence-corrected chi connectivity index (χ4v) is 1.77. The largest absolute Gasteiger partial charge is 0.487 e. The Bertz CT molecular complexity index is 354. The standard InChI is InChI=1S/C11H13FO3.CH4/c12-8-2-4-10-7(5-8)1-3-11(15-10)9(14)6-13;/h2,4-5,9,11,13-14H,1,3,6H2;1H4/t9-,11-;/m0./s1. The Labute approximate surface area is 94.5 Å². The molecule has 1 heterocycles. The summed E-state index contributed by atoms with van der Waals surface area (Å²) in [5.74, 6) is 0.318. The molecule has 0 aliphatic carbocycles. The molecular formula is C12H17FO3. The van der Waals surface area contributed by atoms with E-state index in [0.29, 0.717) is 18.6 Å². The van der Waals surface area contributed by atoms with E-state index in [0.717, 1.165) is 5.56 Å². The van der Waals surface area contributed by atoms with E-state index >= 15 is 0 Å². The summed E-state index contributed by atoms with van der Waals surface area (Å²) in [6.07, 6.45) is -0.0105. The molecule has 0 unspecified atom stereocenters. The smallest absolute Gasteiger partial charge is 0.127 e. The summed E-state index contributed by atoms with van der Waals surface area (Å²) in [5.41, 5.74) is 0.816. The molecule has 2 N–H and O–H groups in total. The number of aliphatic hydroxyl groups is 2. The summed E-state index contributed by atoms with van der Waals surface area (Å²) in [6, 6.07) is 4.32. The maximum Gasteiger partial charge on any atom is 0.127 e. The van der Waals surface area contributed by atoms with Crippen molar-refractivity contribution in [2.45, 2.75) is 32.5 Å². The fraction of sp³-hybridized carbons (Fsp3) is 0.500. The minimum atomic E-state index is -0.872. The van der Waals surface area contributed by atoms with Crippen LogP contribution in [0.25, 0.3) is 0 Å². The number of aliphatic hydroxyl groups excluding tert-OH is 2. The minimum absolute atomic E-state index is 0. The second kappa shape index (κ2) is 5.27. The molecule has 2 atom stereocenters. The number of aryl methyl sites for hydroxylation is 1. The van der Waals surface area contributed by atoms with Crippen molar-refractivity contribution < 1.29 is 19.3 Å². The van der Waals surface area contributed by atoms with Crippen LogP contribution in [-0.2, 0) is 6.42 Å². The lowest BCUT2D eigenvalue weighted by Gasteiger charge is -2.28. The fourth-order valence-electron chi connectivity index (χ4n) is 1.77. The van der Waals surface area contributed by atoms with Crippen LogP contribution in [-0.4, -0.2) is 29.0 Å². The van der Waals surface area contributed by atoms with E-state index in [9.17, 15) is 9.50 Å². The zero-order chi connectivity index (χ0) is 10.8. The SMILES string of the molecule is C.OC[C@H](O)[C@@H]1CCc2cc(F)ccc2O1. The van der Waals surface area contributed by atoms with Crippen molar-refractivity contribution >= 4 is 0 Å². The first kappa shape index (κ1) is 12.9. The summed E-state index contributed by atoms with van der Waals surface area (Å²) < 4.78 is 18.3. The van der Waals surface area contributed by atoms with Crippen LogP contribution in [0.1, 0.15) is 19.4 Å². The Morgan fingerprint density at radius 1 is 1.50 bits per heavy atom. The van der Waals surface area contributed by atoms with E-state index in [1.807, 2.05) is 0 Å². The van der Waals surface area contributed by atoms with Gasteiger partial charge in [-0.05, 0) is 36.6 Å². The molecule has 3 nitrogen and oxygen atoms in total. The third-order valence-electron chi connectivity index (χ3n) is 2.62. The summed E-state index contributed by atoms with van der Waals surface area (Å²) in [4.78, 5) is 0. The Balaban J connectivity index is 0.00000128. The number of halogens is 1. The van der Waals surface area contributed by atoms with Gasteiger partial charge in [0.1, 0.15) is 23.8 Å². The molecule has 1 aliphatic rings. The maximum atomic E-state index is 12.9. The van der Waals surface area contributed by atoms with Crippen molar-refractivity contribution in [3.63, 3.8) is 0 Å². The normalized spacial score (nSPS) is 20.3. The van der Waals surface area contributed by atoms with Gasteiger partial charge in [-0.25, -0.2) is 4.39 Å². The molecule has 1 aromatic carbocycles. The molecule has 0 spiro atoms. The lowest BCUT2D eigenvalue weighted by Crippen LogP contribution is -2.37. The summed E-state index contributed by atoms with van der Waals surface area (Å²) in [7, 11) is 0. The zero-order valence-corrected chi connectivity index (χ0v) is 8.19. The number of ether oxygens (including phenoxy) is 1. The van der Waals surface area contributed by atoms with Gasteiger partial charge in [0, 0.05) is 0 Å². The Morgan fingerprint density at radius 2 is 2.25 bits per heavy atom. The predicted molar refractivity (Wildman–Crippen MR) is 59.0 cm³/mol. The van der Waals surface area contributed by atoms with Gasteiger partial charge in [0.15, 0.2) is 0 Å². The monoisotopic (exact) mass is 228 g/mol. The molecule has 4 heteroatoms. The molecule has 0 saturated heterocycles. The first-order chi connectivity index (χ1) is 7.20. The summed E-state index contributed by atoms with van der Waals surface area (Å²) in [5, 5.41) is 18.2. The lowest BCUT2D eigenvalue weighted by molar-refractivity contribution is -0.00965. The number of rotatable bonds is 2. The van der Waals surface area contributed by atoms with E-state index in [2.05, 4.69) is 0 Å². The number of hydrogen-bond donors (Lipinski definition) is 2. The van der Waals surface area contributed by atoms with Gasteiger partial charge in [-0.3, -0.25) is 0 Å². The average Bonchev–Trinajstić information content (AvgIpc) is 2.27. The summed E-state index contributed by atoms with van der Waals surface area (Å²) >= 11 is 0. The minimum Gasteiger partial charge on any atom is -0.487 e. The highest BCUT2D eigenvalue weighted by Gasteiger charge is 2.25. The molecule has 0 amide bonds. The molecule has 0 fully saturated rings. The van der Waals surface area contributed by atoms with Crippen LogP contribution in [0.2, 0.25) is 0 Å². The number of benzene rings is 1. The first-order valence-corrected chi connectivity index (χ1v) is 4.94. The quantitative estimate of drug-likeness (QED) is 0.806. The van der Waals surface area contributed by atoms with Gasteiger partial charge in [-0.15, -0.1) is 0 Å². The van der Waals surface area contributed by atoms with Crippen molar-refractivity contribution in [2.75, 3.05) is 6.61 Å². The molecule has 1 aliphatic heterocycles. The zero-order valence-electron chi connectivity index (χ0n) is 8.19. The van der Waals surface area contributed by atoms with Gasteiger partial charge in [0.2, 0.25) is 0 Å². The van der Waals surface area contributed by atoms with Gasteiger partial charge in [0.25, 0.3) is 0 Å². The van der Waals surface area contributed by atoms with E-state index in [1.54, 1.807) is 6.07 Å². The lowest BCUT2D eigenvalue weighted by atomic mass is 9.99. The maximum absolute atomic E-state index is 12.9. The highest BCUT2D eigenvalue weighted by Crippen LogP contribution is 2.29. The van der Waals surface area contributed by atoms with E-state index in [1.165, 1.54) is 12.1 Å². The van der Waals surface area contributed by atoms with Crippen molar-refractivity contribution in [1.82, 2.24) is 0 Å². The number of hydrogen-bond acceptors (Lipinski definition) is 3. The van der Waals surface area contributed by atoms with Crippen LogP contribution in [0.5, 0.6) is 5.75 Å². The molecular weight excluding hydrogens is 211 g/mol. The van der Waals surface area contributed by atoms with E-state index in [-0.39, 0.29) is 19.9 Å². The molecule has 2 rings (SSSR count). The third-order valence-corrected chi connectivity index (χ3v) is 2.62. The molecule has 0 bridgehead atoms. The highest BCUT2D eigenvalue weighted by molar-refractivity contribution is 5.35. The molecule has 90 valence electrons. The van der Waals surface area contributed by atoms with Crippen molar-refractivity contribution in [3.8, 4) is 5.75 Å². The summed E-state index contributed by atoms with van der Waals surface area (Å²) in [6.45, 7) is -0.318. The van der Waals surface area contributed by atoms with Gasteiger partial charge in [0.05, 0.1) is 6.61 Å². The third kappa shape index (κ3) is 2.51.